The van der Waals surface area contributed by atoms with Gasteiger partial charge in [-0.15, -0.1) is 11.8 Å². The van der Waals surface area contributed by atoms with Gasteiger partial charge in [0.25, 0.3) is 21.8 Å². The Bertz CT molecular complexity index is 2440. The number of carbonyl (C=O) groups is 2. The maximum atomic E-state index is 13.5. The van der Waals surface area contributed by atoms with Gasteiger partial charge in [-0.1, -0.05) is 36.4 Å². The number of aryl methyl sites for hydroxylation is 1. The molecule has 0 aliphatic carbocycles. The van der Waals surface area contributed by atoms with Gasteiger partial charge in [-0.2, -0.15) is 0 Å². The lowest BCUT2D eigenvalue weighted by Gasteiger charge is -2.31. The summed E-state index contributed by atoms with van der Waals surface area (Å²) in [5.74, 6) is 1.09. The lowest BCUT2D eigenvalue weighted by Crippen LogP contribution is -2.34. The topological polar surface area (TPSA) is 167 Å². The standard InChI is InChI=1S/C40H42N10O4S2/c1-27-21-31(22-42-38(27)43-29(16-18-48(2)3)26-55-30-10-5-4-6-11-30)56(53,54)47-40(52)34-13-8-14-36(44-34)49-19-15-28-9-7-12-32(33(28)24-49)39(51)46-35-25-50-20-17-41-23-37(50)45-35/h4-14,17,20-23,25,29H,15-16,18-19,24,26H2,1-3H3,(H,42,43)(H,46,51)(H,47,52)/t29-/m1/s1. The molecule has 288 valence electrons. The molecule has 0 unspecified atom stereocenters. The van der Waals surface area contributed by atoms with E-state index >= 15 is 0 Å². The molecule has 0 saturated heterocycles. The summed E-state index contributed by atoms with van der Waals surface area (Å²) in [6.45, 7) is 3.60. The van der Waals surface area contributed by atoms with E-state index in [0.717, 1.165) is 29.8 Å². The summed E-state index contributed by atoms with van der Waals surface area (Å²) in [6, 6.07) is 22.3. The van der Waals surface area contributed by atoms with E-state index in [-0.39, 0.29) is 22.5 Å². The van der Waals surface area contributed by atoms with Gasteiger partial charge in [0.2, 0.25) is 0 Å². The molecule has 7 rings (SSSR count). The average molecular weight is 791 g/mol. The van der Waals surface area contributed by atoms with Crippen LogP contribution in [-0.4, -0.2) is 88.4 Å². The van der Waals surface area contributed by atoms with Gasteiger partial charge in [0.1, 0.15) is 22.2 Å². The Morgan fingerprint density at radius 1 is 0.982 bits per heavy atom. The molecule has 0 fully saturated rings. The molecule has 5 heterocycles. The van der Waals surface area contributed by atoms with Gasteiger partial charge < -0.3 is 24.8 Å². The lowest BCUT2D eigenvalue weighted by molar-refractivity contribution is 0.0975. The van der Waals surface area contributed by atoms with Crippen molar-refractivity contribution in [1.82, 2.24) is 34.0 Å². The van der Waals surface area contributed by atoms with Gasteiger partial charge in [-0.3, -0.25) is 14.6 Å². The summed E-state index contributed by atoms with van der Waals surface area (Å²) in [6.07, 6.45) is 9.48. The maximum absolute atomic E-state index is 13.5. The van der Waals surface area contributed by atoms with Crippen LogP contribution < -0.4 is 20.3 Å². The van der Waals surface area contributed by atoms with Crippen molar-refractivity contribution in [2.24, 2.45) is 0 Å². The van der Waals surface area contributed by atoms with E-state index in [9.17, 15) is 18.0 Å². The number of hydrogen-bond acceptors (Lipinski definition) is 12. The highest BCUT2D eigenvalue weighted by Crippen LogP contribution is 2.28. The Labute approximate surface area is 329 Å². The van der Waals surface area contributed by atoms with E-state index in [2.05, 4.69) is 52.3 Å². The zero-order chi connectivity index (χ0) is 39.2. The monoisotopic (exact) mass is 790 g/mol. The first kappa shape index (κ1) is 38.4. The first-order chi connectivity index (χ1) is 27.0. The SMILES string of the molecule is Cc1cc(S(=O)(=O)NC(=O)c2cccc(N3CCc4cccc(C(=O)Nc5cn6ccncc6n5)c4C3)n2)cnc1N[C@H](CCN(C)C)CSc1ccccc1. The molecular formula is C40H42N10O4S2. The van der Waals surface area contributed by atoms with Crippen LogP contribution in [0.3, 0.4) is 0 Å². The Morgan fingerprint density at radius 3 is 2.59 bits per heavy atom. The van der Waals surface area contributed by atoms with E-state index in [1.54, 1.807) is 66.1 Å². The molecule has 0 radical (unpaired) electrons. The number of hydrogen-bond donors (Lipinski definition) is 3. The fraction of sp³-hybridized carbons (Fsp3) is 0.250. The minimum Gasteiger partial charge on any atom is -0.366 e. The summed E-state index contributed by atoms with van der Waals surface area (Å²) < 4.78 is 30.9. The quantitative estimate of drug-likeness (QED) is 0.122. The lowest BCUT2D eigenvalue weighted by atomic mass is 9.94. The van der Waals surface area contributed by atoms with Crippen LogP contribution in [0.2, 0.25) is 0 Å². The predicted octanol–water partition coefficient (Wildman–Crippen LogP) is 5.29. The number of benzene rings is 2. The van der Waals surface area contributed by atoms with Crippen molar-refractivity contribution < 1.29 is 18.0 Å². The van der Waals surface area contributed by atoms with Gasteiger partial charge in [0, 0.05) is 53.9 Å². The fourth-order valence-corrected chi connectivity index (χ4v) is 8.38. The number of nitrogens with one attached hydrogen (secondary N) is 3. The summed E-state index contributed by atoms with van der Waals surface area (Å²) in [5, 5.41) is 6.40. The zero-order valence-corrected chi connectivity index (χ0v) is 32.8. The number of rotatable bonds is 14. The van der Waals surface area contributed by atoms with E-state index in [1.807, 2.05) is 49.3 Å². The number of nitrogens with zero attached hydrogens (tertiary/aromatic N) is 7. The van der Waals surface area contributed by atoms with E-state index < -0.39 is 15.9 Å². The number of imidazole rings is 1. The first-order valence-corrected chi connectivity index (χ1v) is 20.5. The van der Waals surface area contributed by atoms with Crippen molar-refractivity contribution in [3.8, 4) is 0 Å². The summed E-state index contributed by atoms with van der Waals surface area (Å²) >= 11 is 1.75. The average Bonchev–Trinajstić information content (AvgIpc) is 3.61. The molecular weight excluding hydrogens is 749 g/mol. The molecule has 1 aliphatic heterocycles. The first-order valence-electron chi connectivity index (χ1n) is 18.1. The molecule has 1 atom stereocenters. The van der Waals surface area contributed by atoms with Crippen molar-refractivity contribution in [2.75, 3.05) is 48.5 Å². The number of fused-ring (bicyclic) bond motifs is 2. The predicted molar refractivity (Wildman–Crippen MR) is 218 cm³/mol. The van der Waals surface area contributed by atoms with E-state index in [0.29, 0.717) is 53.7 Å². The smallest absolute Gasteiger partial charge is 0.283 e. The number of pyridine rings is 2. The molecule has 16 heteroatoms. The third-order valence-electron chi connectivity index (χ3n) is 9.37. The molecule has 14 nitrogen and oxygen atoms in total. The number of thioether (sulfide) groups is 1. The van der Waals surface area contributed by atoms with Crippen molar-refractivity contribution in [3.63, 3.8) is 0 Å². The normalized spacial score (nSPS) is 13.3. The Morgan fingerprint density at radius 2 is 1.80 bits per heavy atom. The van der Waals surface area contributed by atoms with E-state index in [1.165, 1.54) is 23.2 Å². The summed E-state index contributed by atoms with van der Waals surface area (Å²) in [4.78, 5) is 49.5. The second-order valence-electron chi connectivity index (χ2n) is 13.7. The summed E-state index contributed by atoms with van der Waals surface area (Å²) in [7, 11) is -0.225. The Balaban J connectivity index is 1.01. The highest BCUT2D eigenvalue weighted by Gasteiger charge is 2.26. The highest BCUT2D eigenvalue weighted by atomic mass is 32.2. The number of anilines is 3. The molecule has 2 aromatic carbocycles. The third-order valence-corrected chi connectivity index (χ3v) is 11.8. The van der Waals surface area contributed by atoms with Crippen LogP contribution in [0.4, 0.5) is 17.5 Å². The van der Waals surface area contributed by atoms with Crippen LogP contribution in [0.5, 0.6) is 0 Å². The molecule has 56 heavy (non-hydrogen) atoms. The molecule has 2 amide bonds. The number of sulfonamides is 1. The van der Waals surface area contributed by atoms with Crippen LogP contribution in [-0.2, 0) is 23.0 Å². The van der Waals surface area contributed by atoms with E-state index in [4.69, 9.17) is 0 Å². The second kappa shape index (κ2) is 16.9. The van der Waals surface area contributed by atoms with Gasteiger partial charge in [0.15, 0.2) is 11.5 Å². The van der Waals surface area contributed by atoms with Crippen LogP contribution in [0.15, 0.2) is 114 Å². The molecule has 0 bridgehead atoms. The molecule has 6 aromatic rings. The van der Waals surface area contributed by atoms with Crippen LogP contribution in [0.1, 0.15) is 44.0 Å². The van der Waals surface area contributed by atoms with Gasteiger partial charge in [-0.05, 0) is 93.5 Å². The van der Waals surface area contributed by atoms with Gasteiger partial charge in [-0.25, -0.2) is 28.1 Å². The molecule has 0 spiro atoms. The largest absolute Gasteiger partial charge is 0.366 e. The molecule has 4 aromatic heterocycles. The minimum absolute atomic E-state index is 0.0631. The Kier molecular flexibility index (Phi) is 11.6. The number of aromatic nitrogens is 5. The van der Waals surface area contributed by atoms with Crippen LogP contribution in [0.25, 0.3) is 5.65 Å². The maximum Gasteiger partial charge on any atom is 0.283 e. The number of amides is 2. The fourth-order valence-electron chi connectivity index (χ4n) is 6.40. The van der Waals surface area contributed by atoms with Gasteiger partial charge >= 0.3 is 0 Å². The zero-order valence-electron chi connectivity index (χ0n) is 31.2. The van der Waals surface area contributed by atoms with Crippen molar-refractivity contribution in [3.05, 3.63) is 132 Å². The highest BCUT2D eigenvalue weighted by molar-refractivity contribution is 7.99. The molecule has 0 saturated carbocycles. The second-order valence-corrected chi connectivity index (χ2v) is 16.5. The number of carbonyl (C=O) groups excluding carboxylic acids is 2. The van der Waals surface area contributed by atoms with Crippen molar-refractivity contribution in [2.45, 2.75) is 42.1 Å². The van der Waals surface area contributed by atoms with Crippen molar-refractivity contribution >= 4 is 56.7 Å². The van der Waals surface area contributed by atoms with Crippen LogP contribution >= 0.6 is 11.8 Å². The van der Waals surface area contributed by atoms with Crippen molar-refractivity contribution in [1.29, 1.82) is 0 Å². The third kappa shape index (κ3) is 9.16. The molecule has 1 aliphatic rings. The summed E-state index contributed by atoms with van der Waals surface area (Å²) in [5.41, 5.74) is 3.55. The minimum atomic E-state index is -4.28. The van der Waals surface area contributed by atoms with Gasteiger partial charge in [0.05, 0.1) is 12.4 Å². The van der Waals surface area contributed by atoms with Crippen LogP contribution in [0, 0.1) is 6.92 Å². The Hall–Kier alpha value is -5.84. The molecule has 3 N–H and O–H groups in total.